The van der Waals surface area contributed by atoms with Gasteiger partial charge in [-0.1, -0.05) is 19.1 Å². The quantitative estimate of drug-likeness (QED) is 0.709. The fourth-order valence-corrected chi connectivity index (χ4v) is 3.77. The van der Waals surface area contributed by atoms with Crippen molar-refractivity contribution in [3.05, 3.63) is 52.5 Å². The maximum absolute atomic E-state index is 12.4. The zero-order valence-corrected chi connectivity index (χ0v) is 14.0. The maximum Gasteiger partial charge on any atom is 0.238 e. The van der Waals surface area contributed by atoms with Crippen molar-refractivity contribution in [3.63, 3.8) is 0 Å². The van der Waals surface area contributed by atoms with Crippen LogP contribution < -0.4 is 16.2 Å². The van der Waals surface area contributed by atoms with E-state index in [1.54, 1.807) is 17.5 Å². The molecule has 0 bridgehead atoms. The van der Waals surface area contributed by atoms with Gasteiger partial charge in [0.1, 0.15) is 6.04 Å². The van der Waals surface area contributed by atoms with Crippen LogP contribution in [0.1, 0.15) is 30.0 Å². The first kappa shape index (κ1) is 16.1. The van der Waals surface area contributed by atoms with Crippen LogP contribution in [0, 0.1) is 5.92 Å². The van der Waals surface area contributed by atoms with E-state index < -0.39 is 0 Å². The number of hydrogen-bond donors (Lipinski definition) is 3. The number of nitrogens with one attached hydrogen (secondary N) is 3. The number of amides is 1. The highest BCUT2D eigenvalue weighted by atomic mass is 32.1. The van der Waals surface area contributed by atoms with Crippen LogP contribution in [0.5, 0.6) is 0 Å². The highest BCUT2D eigenvalue weighted by molar-refractivity contribution is 7.10. The molecule has 3 N–H and O–H groups in total. The van der Waals surface area contributed by atoms with Gasteiger partial charge < -0.3 is 5.32 Å². The van der Waals surface area contributed by atoms with E-state index in [0.29, 0.717) is 6.54 Å². The summed E-state index contributed by atoms with van der Waals surface area (Å²) in [5, 5.41) is 5.09. The fourth-order valence-electron chi connectivity index (χ4n) is 2.87. The number of nitrogens with zero attached hydrogens (tertiary/aromatic N) is 1. The average Bonchev–Trinajstić information content (AvgIpc) is 3.21. The number of aryl methyl sites for hydroxylation is 1. The summed E-state index contributed by atoms with van der Waals surface area (Å²) in [5.74, 6) is 0.273. The number of aromatic nitrogens is 1. The highest BCUT2D eigenvalue weighted by Crippen LogP contribution is 2.31. The molecule has 3 unspecified atom stereocenters. The topological polar surface area (TPSA) is 66.0 Å². The second-order valence-electron chi connectivity index (χ2n) is 5.83. The number of pyridine rings is 1. The van der Waals surface area contributed by atoms with Gasteiger partial charge in [-0.2, -0.15) is 0 Å². The second kappa shape index (κ2) is 7.68. The molecule has 2 aromatic rings. The van der Waals surface area contributed by atoms with Gasteiger partial charge >= 0.3 is 0 Å². The molecule has 23 heavy (non-hydrogen) atoms. The van der Waals surface area contributed by atoms with Crippen molar-refractivity contribution in [1.82, 2.24) is 21.2 Å². The van der Waals surface area contributed by atoms with Crippen molar-refractivity contribution in [3.8, 4) is 0 Å². The van der Waals surface area contributed by atoms with Crippen LogP contribution in [-0.4, -0.2) is 23.5 Å². The van der Waals surface area contributed by atoms with Gasteiger partial charge in [-0.05, 0) is 36.4 Å². The Bertz CT molecular complexity index is 617. The number of hydrazine groups is 1. The van der Waals surface area contributed by atoms with Crippen molar-refractivity contribution in [2.24, 2.45) is 5.92 Å². The molecule has 1 amide bonds. The van der Waals surface area contributed by atoms with Crippen LogP contribution in [-0.2, 0) is 11.2 Å². The smallest absolute Gasteiger partial charge is 0.238 e. The summed E-state index contributed by atoms with van der Waals surface area (Å²) in [6, 6.07) is 10.1. The number of carbonyl (C=O) groups excluding carboxylic acids is 1. The SMILES string of the molecule is CC1C(C(=O)NCCCc2ccccn2)NNC1c1cccs1. The molecule has 5 nitrogen and oxygen atoms in total. The monoisotopic (exact) mass is 330 g/mol. The minimum atomic E-state index is -0.197. The minimum absolute atomic E-state index is 0.0603. The summed E-state index contributed by atoms with van der Waals surface area (Å²) in [5.41, 5.74) is 7.44. The van der Waals surface area contributed by atoms with E-state index in [-0.39, 0.29) is 23.9 Å². The third-order valence-corrected chi connectivity index (χ3v) is 5.17. The summed E-state index contributed by atoms with van der Waals surface area (Å²) in [4.78, 5) is 17.9. The number of rotatable bonds is 6. The largest absolute Gasteiger partial charge is 0.355 e. The molecule has 1 fully saturated rings. The molecule has 3 atom stereocenters. The molecule has 0 radical (unpaired) electrons. The molecule has 0 spiro atoms. The molecule has 6 heteroatoms. The first-order valence-corrected chi connectivity index (χ1v) is 8.86. The molecule has 3 rings (SSSR count). The van der Waals surface area contributed by atoms with E-state index in [1.807, 2.05) is 24.3 Å². The summed E-state index contributed by atoms with van der Waals surface area (Å²) in [6.45, 7) is 2.78. The molecule has 0 aliphatic carbocycles. The molecule has 122 valence electrons. The third-order valence-electron chi connectivity index (χ3n) is 4.21. The summed E-state index contributed by atoms with van der Waals surface area (Å²) < 4.78 is 0. The van der Waals surface area contributed by atoms with E-state index in [1.165, 1.54) is 4.88 Å². The van der Waals surface area contributed by atoms with E-state index in [0.717, 1.165) is 18.5 Å². The van der Waals surface area contributed by atoms with Crippen LogP contribution in [0.2, 0.25) is 0 Å². The minimum Gasteiger partial charge on any atom is -0.355 e. The molecule has 1 saturated heterocycles. The lowest BCUT2D eigenvalue weighted by atomic mass is 9.95. The zero-order chi connectivity index (χ0) is 16.1. The van der Waals surface area contributed by atoms with Crippen molar-refractivity contribution in [1.29, 1.82) is 0 Å². The number of carbonyl (C=O) groups is 1. The van der Waals surface area contributed by atoms with E-state index >= 15 is 0 Å². The van der Waals surface area contributed by atoms with Crippen LogP contribution >= 0.6 is 11.3 Å². The molecule has 2 aromatic heterocycles. The molecular formula is C17H22N4OS. The van der Waals surface area contributed by atoms with E-state index in [9.17, 15) is 4.79 Å². The molecule has 0 saturated carbocycles. The first-order chi connectivity index (χ1) is 11.3. The second-order valence-corrected chi connectivity index (χ2v) is 6.81. The first-order valence-electron chi connectivity index (χ1n) is 7.98. The van der Waals surface area contributed by atoms with Gasteiger partial charge in [-0.25, -0.2) is 10.9 Å². The maximum atomic E-state index is 12.4. The lowest BCUT2D eigenvalue weighted by Crippen LogP contribution is -2.45. The predicted molar refractivity (Wildman–Crippen MR) is 91.9 cm³/mol. The predicted octanol–water partition coefficient (Wildman–Crippen LogP) is 2.05. The highest BCUT2D eigenvalue weighted by Gasteiger charge is 2.37. The van der Waals surface area contributed by atoms with Crippen LogP contribution in [0.15, 0.2) is 41.9 Å². The normalized spacial score (nSPS) is 23.8. The fraction of sp³-hybridized carbons (Fsp3) is 0.412. The Hall–Kier alpha value is -1.76. The summed E-state index contributed by atoms with van der Waals surface area (Å²) in [7, 11) is 0. The third kappa shape index (κ3) is 3.96. The van der Waals surface area contributed by atoms with Gasteiger partial charge in [-0.3, -0.25) is 9.78 Å². The number of hydrogen-bond acceptors (Lipinski definition) is 5. The Balaban J connectivity index is 1.44. The number of thiophene rings is 1. The Morgan fingerprint density at radius 1 is 1.30 bits per heavy atom. The van der Waals surface area contributed by atoms with Gasteiger partial charge in [0.05, 0.1) is 6.04 Å². The molecule has 1 aliphatic rings. The Morgan fingerprint density at radius 2 is 2.22 bits per heavy atom. The summed E-state index contributed by atoms with van der Waals surface area (Å²) >= 11 is 1.72. The Kier molecular flexibility index (Phi) is 5.38. The van der Waals surface area contributed by atoms with Gasteiger partial charge in [-0.15, -0.1) is 11.3 Å². The van der Waals surface area contributed by atoms with Crippen LogP contribution in [0.25, 0.3) is 0 Å². The average molecular weight is 330 g/mol. The van der Waals surface area contributed by atoms with Gasteiger partial charge in [0.25, 0.3) is 0 Å². The lowest BCUT2D eigenvalue weighted by Gasteiger charge is -2.17. The van der Waals surface area contributed by atoms with Crippen molar-refractivity contribution >= 4 is 17.2 Å². The van der Waals surface area contributed by atoms with Gasteiger partial charge in [0, 0.05) is 29.2 Å². The molecular weight excluding hydrogens is 308 g/mol. The lowest BCUT2D eigenvalue weighted by molar-refractivity contribution is -0.123. The van der Waals surface area contributed by atoms with Gasteiger partial charge in [0.15, 0.2) is 0 Å². The van der Waals surface area contributed by atoms with E-state index in [4.69, 9.17) is 0 Å². The Morgan fingerprint density at radius 3 is 2.96 bits per heavy atom. The molecule has 1 aliphatic heterocycles. The van der Waals surface area contributed by atoms with Crippen molar-refractivity contribution in [2.45, 2.75) is 31.8 Å². The van der Waals surface area contributed by atoms with E-state index in [2.05, 4.69) is 39.5 Å². The molecule has 3 heterocycles. The zero-order valence-electron chi connectivity index (χ0n) is 13.2. The standard InChI is InChI=1S/C17H22N4OS/c1-12-15(14-8-5-11-23-14)20-21-16(12)17(22)19-10-4-7-13-6-2-3-9-18-13/h2-3,5-6,8-9,11-12,15-16,20-21H,4,7,10H2,1H3,(H,19,22). The van der Waals surface area contributed by atoms with Gasteiger partial charge in [0.2, 0.25) is 5.91 Å². The molecule has 0 aromatic carbocycles. The Labute approximate surface area is 140 Å². The van der Waals surface area contributed by atoms with Crippen molar-refractivity contribution < 1.29 is 4.79 Å². The van der Waals surface area contributed by atoms with Crippen LogP contribution in [0.4, 0.5) is 0 Å². The van der Waals surface area contributed by atoms with Crippen LogP contribution in [0.3, 0.4) is 0 Å². The van der Waals surface area contributed by atoms with Crippen molar-refractivity contribution in [2.75, 3.05) is 6.54 Å². The summed E-state index contributed by atoms with van der Waals surface area (Å²) in [6.07, 6.45) is 3.57.